The Morgan fingerprint density at radius 2 is 2.11 bits per heavy atom. The van der Waals surface area contributed by atoms with Crippen LogP contribution in [0.15, 0.2) is 12.1 Å². The highest BCUT2D eigenvalue weighted by Gasteiger charge is 2.37. The first-order valence-corrected chi connectivity index (χ1v) is 6.46. The normalized spacial score (nSPS) is 23.4. The van der Waals surface area contributed by atoms with E-state index in [-0.39, 0.29) is 11.5 Å². The Hall–Kier alpha value is -1.55. The molecular formula is C15H20O4. The zero-order valence-electron chi connectivity index (χ0n) is 11.7. The second-order valence-corrected chi connectivity index (χ2v) is 5.48. The zero-order chi connectivity index (χ0) is 14.0. The van der Waals surface area contributed by atoms with Crippen LogP contribution in [0.1, 0.15) is 24.5 Å². The molecule has 0 spiro atoms. The van der Waals surface area contributed by atoms with Gasteiger partial charge in [0.05, 0.1) is 18.6 Å². The molecule has 19 heavy (non-hydrogen) atoms. The van der Waals surface area contributed by atoms with Crippen LogP contribution in [-0.2, 0) is 9.53 Å². The summed E-state index contributed by atoms with van der Waals surface area (Å²) in [4.78, 5) is 11.9. The number of ether oxygens (including phenoxy) is 2. The summed E-state index contributed by atoms with van der Waals surface area (Å²) in [6.07, 6.45) is 0.452. The number of Topliss-reactive ketones (excluding diaryl/α,β-unsaturated/α-hetero) is 1. The molecule has 1 unspecified atom stereocenters. The zero-order valence-corrected chi connectivity index (χ0v) is 11.7. The van der Waals surface area contributed by atoms with Gasteiger partial charge in [0, 0.05) is 6.42 Å². The maximum atomic E-state index is 11.9. The molecule has 1 aliphatic rings. The number of aryl methyl sites for hydroxylation is 2. The summed E-state index contributed by atoms with van der Waals surface area (Å²) < 4.78 is 11.1. The van der Waals surface area contributed by atoms with E-state index in [4.69, 9.17) is 9.47 Å². The van der Waals surface area contributed by atoms with Crippen LogP contribution < -0.4 is 4.74 Å². The van der Waals surface area contributed by atoms with Gasteiger partial charge in [0.25, 0.3) is 0 Å². The molecule has 0 saturated carbocycles. The van der Waals surface area contributed by atoms with Gasteiger partial charge in [-0.05, 0) is 44.0 Å². The Bertz CT molecular complexity index is 495. The Kier molecular flexibility index (Phi) is 3.80. The van der Waals surface area contributed by atoms with Crippen LogP contribution in [0.2, 0.25) is 0 Å². The van der Waals surface area contributed by atoms with Gasteiger partial charge in [-0.3, -0.25) is 4.79 Å². The summed E-state index contributed by atoms with van der Waals surface area (Å²) in [7, 11) is 0. The molecule has 0 aromatic heterocycles. The van der Waals surface area contributed by atoms with Crippen molar-refractivity contribution >= 4 is 5.78 Å². The molecule has 0 aliphatic carbocycles. The van der Waals surface area contributed by atoms with Crippen molar-refractivity contribution in [2.24, 2.45) is 5.41 Å². The van der Waals surface area contributed by atoms with Crippen LogP contribution >= 0.6 is 0 Å². The van der Waals surface area contributed by atoms with Gasteiger partial charge in [-0.1, -0.05) is 0 Å². The van der Waals surface area contributed by atoms with Crippen molar-refractivity contribution in [3.8, 4) is 11.5 Å². The molecule has 0 radical (unpaired) electrons. The molecule has 1 fully saturated rings. The number of phenols is 1. The predicted octanol–water partition coefficient (Wildman–Crippen LogP) is 2.38. The van der Waals surface area contributed by atoms with Gasteiger partial charge in [0.15, 0.2) is 0 Å². The second kappa shape index (κ2) is 5.21. The van der Waals surface area contributed by atoms with Crippen LogP contribution in [-0.4, -0.2) is 30.7 Å². The lowest BCUT2D eigenvalue weighted by Crippen LogP contribution is -2.42. The molecule has 1 atom stereocenters. The van der Waals surface area contributed by atoms with Gasteiger partial charge in [-0.25, -0.2) is 0 Å². The van der Waals surface area contributed by atoms with Gasteiger partial charge >= 0.3 is 0 Å². The maximum absolute atomic E-state index is 11.9. The van der Waals surface area contributed by atoms with Crippen LogP contribution in [0.4, 0.5) is 0 Å². The summed E-state index contributed by atoms with van der Waals surface area (Å²) in [6, 6.07) is 3.47. The highest BCUT2D eigenvalue weighted by atomic mass is 16.5. The summed E-state index contributed by atoms with van der Waals surface area (Å²) in [6.45, 7) is 6.77. The molecule has 0 amide bonds. The highest BCUT2D eigenvalue weighted by molar-refractivity contribution is 5.85. The van der Waals surface area contributed by atoms with Gasteiger partial charge in [0.2, 0.25) is 0 Å². The van der Waals surface area contributed by atoms with Crippen molar-refractivity contribution in [3.63, 3.8) is 0 Å². The van der Waals surface area contributed by atoms with E-state index in [1.165, 1.54) is 0 Å². The summed E-state index contributed by atoms with van der Waals surface area (Å²) in [5.41, 5.74) is 1.05. The van der Waals surface area contributed by atoms with E-state index in [2.05, 4.69) is 0 Å². The number of aromatic hydroxyl groups is 1. The molecule has 0 bridgehead atoms. The van der Waals surface area contributed by atoms with Crippen LogP contribution in [0.25, 0.3) is 0 Å². The number of hydrogen-bond donors (Lipinski definition) is 1. The Morgan fingerprint density at radius 1 is 1.37 bits per heavy atom. The van der Waals surface area contributed by atoms with Crippen LogP contribution in [0.5, 0.6) is 11.5 Å². The molecule has 2 rings (SSSR count). The fourth-order valence-electron chi connectivity index (χ4n) is 2.13. The minimum absolute atomic E-state index is 0.187. The fourth-order valence-corrected chi connectivity index (χ4v) is 2.13. The lowest BCUT2D eigenvalue weighted by atomic mass is 9.84. The fraction of sp³-hybridized carbons (Fsp3) is 0.533. The topological polar surface area (TPSA) is 55.8 Å². The van der Waals surface area contributed by atoms with E-state index < -0.39 is 5.41 Å². The standard InChI is InChI=1S/C15H20O4/c1-10-7-13(11(2)6-12(10)16)19-9-15(3)8-18-5-4-14(15)17/h6-7,16H,4-5,8-9H2,1-3H3. The SMILES string of the molecule is Cc1cc(OCC2(C)COCCC2=O)c(C)cc1O. The highest BCUT2D eigenvalue weighted by Crippen LogP contribution is 2.30. The first-order valence-electron chi connectivity index (χ1n) is 6.46. The summed E-state index contributed by atoms with van der Waals surface area (Å²) >= 11 is 0. The minimum Gasteiger partial charge on any atom is -0.508 e. The van der Waals surface area contributed by atoms with Crippen LogP contribution in [0.3, 0.4) is 0 Å². The van der Waals surface area contributed by atoms with E-state index in [0.717, 1.165) is 11.1 Å². The quantitative estimate of drug-likeness (QED) is 0.910. The molecule has 1 heterocycles. The molecule has 1 aromatic carbocycles. The maximum Gasteiger partial charge on any atom is 0.146 e. The number of hydrogen-bond acceptors (Lipinski definition) is 4. The third-order valence-corrected chi connectivity index (χ3v) is 3.61. The molecular weight excluding hydrogens is 244 g/mol. The Balaban J connectivity index is 2.10. The molecule has 4 nitrogen and oxygen atoms in total. The average Bonchev–Trinajstić information content (AvgIpc) is 2.36. The summed E-state index contributed by atoms with van der Waals surface area (Å²) in [5, 5.41) is 9.60. The van der Waals surface area contributed by atoms with E-state index >= 15 is 0 Å². The number of phenolic OH excluding ortho intramolecular Hbond substituents is 1. The molecule has 1 aliphatic heterocycles. The van der Waals surface area contributed by atoms with Crippen molar-refractivity contribution in [2.75, 3.05) is 19.8 Å². The lowest BCUT2D eigenvalue weighted by Gasteiger charge is -2.31. The molecule has 1 saturated heterocycles. The Labute approximate surface area is 113 Å². The molecule has 1 aromatic rings. The summed E-state index contributed by atoms with van der Waals surface area (Å²) in [5.74, 6) is 1.15. The monoisotopic (exact) mass is 264 g/mol. The third kappa shape index (κ3) is 2.89. The van der Waals surface area contributed by atoms with Crippen molar-refractivity contribution in [2.45, 2.75) is 27.2 Å². The van der Waals surface area contributed by atoms with Crippen molar-refractivity contribution < 1.29 is 19.4 Å². The average molecular weight is 264 g/mol. The van der Waals surface area contributed by atoms with Crippen molar-refractivity contribution in [3.05, 3.63) is 23.3 Å². The number of carbonyl (C=O) groups excluding carboxylic acids is 1. The van der Waals surface area contributed by atoms with Crippen molar-refractivity contribution in [1.29, 1.82) is 0 Å². The molecule has 1 N–H and O–H groups in total. The van der Waals surface area contributed by atoms with E-state index in [1.54, 1.807) is 12.1 Å². The lowest BCUT2D eigenvalue weighted by molar-refractivity contribution is -0.141. The smallest absolute Gasteiger partial charge is 0.146 e. The number of ketones is 1. The van der Waals surface area contributed by atoms with E-state index in [9.17, 15) is 9.90 Å². The largest absolute Gasteiger partial charge is 0.508 e. The van der Waals surface area contributed by atoms with E-state index in [1.807, 2.05) is 20.8 Å². The third-order valence-electron chi connectivity index (χ3n) is 3.61. The van der Waals surface area contributed by atoms with Gasteiger partial charge in [0.1, 0.15) is 23.9 Å². The first-order chi connectivity index (χ1) is 8.92. The number of benzene rings is 1. The molecule has 4 heteroatoms. The van der Waals surface area contributed by atoms with Crippen molar-refractivity contribution in [1.82, 2.24) is 0 Å². The number of carbonyl (C=O) groups is 1. The predicted molar refractivity (Wildman–Crippen MR) is 71.6 cm³/mol. The molecule has 104 valence electrons. The van der Waals surface area contributed by atoms with Crippen LogP contribution in [0, 0.1) is 19.3 Å². The first kappa shape index (κ1) is 13.9. The minimum atomic E-state index is -0.573. The van der Waals surface area contributed by atoms with Gasteiger partial charge in [-0.15, -0.1) is 0 Å². The Morgan fingerprint density at radius 3 is 2.79 bits per heavy atom. The second-order valence-electron chi connectivity index (χ2n) is 5.48. The number of rotatable bonds is 3. The van der Waals surface area contributed by atoms with Gasteiger partial charge in [-0.2, -0.15) is 0 Å². The van der Waals surface area contributed by atoms with Gasteiger partial charge < -0.3 is 14.6 Å². The van der Waals surface area contributed by atoms with E-state index in [0.29, 0.717) is 32.0 Å².